The summed E-state index contributed by atoms with van der Waals surface area (Å²) in [5, 5.41) is 0.215. The topological polar surface area (TPSA) is 34.9 Å². The Labute approximate surface area is 83.5 Å². The van der Waals surface area contributed by atoms with Crippen molar-refractivity contribution in [2.75, 3.05) is 0 Å². The predicted octanol–water partition coefficient (Wildman–Crippen LogP) is 2.07. The Morgan fingerprint density at radius 3 is 3.00 bits per heavy atom. The molecule has 0 N–H and O–H groups in total. The van der Waals surface area contributed by atoms with E-state index in [1.54, 1.807) is 0 Å². The van der Waals surface area contributed by atoms with Crippen LogP contribution in [0.2, 0.25) is 5.15 Å². The van der Waals surface area contributed by atoms with Crippen LogP contribution < -0.4 is 5.56 Å². The number of nitrogens with zero attached hydrogens (tertiary/aromatic N) is 2. The first-order valence-corrected chi connectivity index (χ1v) is 4.74. The molecule has 1 heterocycles. The van der Waals surface area contributed by atoms with Crippen molar-refractivity contribution in [3.05, 3.63) is 26.3 Å². The molecule has 0 bridgehead atoms. The lowest BCUT2D eigenvalue weighted by molar-refractivity contribution is 0.637. The largest absolute Gasteiger partial charge is 0.298 e. The Kier molecular flexibility index (Phi) is 3.29. The zero-order chi connectivity index (χ0) is 9.14. The Hall–Kier alpha value is -0.350. The van der Waals surface area contributed by atoms with Crippen LogP contribution in [0.4, 0.5) is 0 Å². The number of rotatable bonds is 2. The van der Waals surface area contributed by atoms with Crippen molar-refractivity contribution in [3.8, 4) is 0 Å². The lowest BCUT2D eigenvalue weighted by atomic mass is 10.5. The summed E-state index contributed by atoms with van der Waals surface area (Å²) in [4.78, 5) is 15.2. The monoisotopic (exact) mass is 250 g/mol. The SMILES string of the molecule is CCCn1cnc(Cl)c(Br)c1=O. The summed E-state index contributed by atoms with van der Waals surface area (Å²) < 4.78 is 1.86. The molecule has 1 rings (SSSR count). The molecule has 0 aromatic carbocycles. The summed E-state index contributed by atoms with van der Waals surface area (Å²) in [5.74, 6) is 0. The molecule has 0 unspecified atom stereocenters. The van der Waals surface area contributed by atoms with Gasteiger partial charge in [-0.2, -0.15) is 0 Å². The molecule has 0 fully saturated rings. The van der Waals surface area contributed by atoms with Crippen LogP contribution >= 0.6 is 27.5 Å². The second-order valence-electron chi connectivity index (χ2n) is 2.35. The highest BCUT2D eigenvalue weighted by Gasteiger charge is 2.05. The summed E-state index contributed by atoms with van der Waals surface area (Å²) in [6.45, 7) is 2.66. The fourth-order valence-electron chi connectivity index (χ4n) is 0.844. The van der Waals surface area contributed by atoms with E-state index in [0.29, 0.717) is 11.0 Å². The predicted molar refractivity (Wildman–Crippen MR) is 51.5 cm³/mol. The van der Waals surface area contributed by atoms with Gasteiger partial charge in [0.1, 0.15) is 4.47 Å². The fourth-order valence-corrected chi connectivity index (χ4v) is 1.30. The first kappa shape index (κ1) is 9.74. The maximum atomic E-state index is 11.4. The van der Waals surface area contributed by atoms with E-state index in [0.717, 1.165) is 6.42 Å². The molecule has 12 heavy (non-hydrogen) atoms. The van der Waals surface area contributed by atoms with Gasteiger partial charge in [-0.3, -0.25) is 9.36 Å². The van der Waals surface area contributed by atoms with Crippen LogP contribution in [0.5, 0.6) is 0 Å². The zero-order valence-corrected chi connectivity index (χ0v) is 8.89. The van der Waals surface area contributed by atoms with E-state index in [1.807, 2.05) is 6.92 Å². The summed E-state index contributed by atoms with van der Waals surface area (Å²) in [6, 6.07) is 0. The molecule has 1 aromatic heterocycles. The van der Waals surface area contributed by atoms with Gasteiger partial charge in [0.15, 0.2) is 5.15 Å². The molecule has 0 radical (unpaired) electrons. The number of aromatic nitrogens is 2. The van der Waals surface area contributed by atoms with E-state index in [9.17, 15) is 4.79 Å². The van der Waals surface area contributed by atoms with Crippen LogP contribution in [0.15, 0.2) is 15.6 Å². The van der Waals surface area contributed by atoms with Crippen LogP contribution in [0, 0.1) is 0 Å². The van der Waals surface area contributed by atoms with Crippen LogP contribution in [0.25, 0.3) is 0 Å². The molecule has 0 aliphatic carbocycles. The van der Waals surface area contributed by atoms with Crippen molar-refractivity contribution >= 4 is 27.5 Å². The van der Waals surface area contributed by atoms with Crippen LogP contribution in [-0.2, 0) is 6.54 Å². The molecule has 66 valence electrons. The highest BCUT2D eigenvalue weighted by atomic mass is 79.9. The van der Waals surface area contributed by atoms with Crippen molar-refractivity contribution in [3.63, 3.8) is 0 Å². The van der Waals surface area contributed by atoms with Crippen molar-refractivity contribution in [2.45, 2.75) is 19.9 Å². The third-order valence-electron chi connectivity index (χ3n) is 1.40. The molecule has 0 aliphatic rings. The van der Waals surface area contributed by atoms with Gasteiger partial charge in [-0.15, -0.1) is 0 Å². The smallest absolute Gasteiger partial charge is 0.269 e. The molecular formula is C7H8BrClN2O. The van der Waals surface area contributed by atoms with Crippen molar-refractivity contribution in [1.29, 1.82) is 0 Å². The van der Waals surface area contributed by atoms with E-state index in [-0.39, 0.29) is 10.7 Å². The van der Waals surface area contributed by atoms with Gasteiger partial charge in [-0.25, -0.2) is 4.98 Å². The van der Waals surface area contributed by atoms with Crippen LogP contribution in [0.1, 0.15) is 13.3 Å². The van der Waals surface area contributed by atoms with E-state index in [4.69, 9.17) is 11.6 Å². The van der Waals surface area contributed by atoms with E-state index in [2.05, 4.69) is 20.9 Å². The maximum absolute atomic E-state index is 11.4. The second kappa shape index (κ2) is 4.05. The fraction of sp³-hybridized carbons (Fsp3) is 0.429. The van der Waals surface area contributed by atoms with Gasteiger partial charge in [0, 0.05) is 6.54 Å². The molecule has 5 heteroatoms. The zero-order valence-electron chi connectivity index (χ0n) is 6.55. The first-order valence-electron chi connectivity index (χ1n) is 3.57. The quantitative estimate of drug-likeness (QED) is 0.754. The van der Waals surface area contributed by atoms with E-state index in [1.165, 1.54) is 10.9 Å². The van der Waals surface area contributed by atoms with Crippen LogP contribution in [0.3, 0.4) is 0 Å². The van der Waals surface area contributed by atoms with Gasteiger partial charge in [0.05, 0.1) is 6.33 Å². The molecule has 1 aromatic rings. The number of halogens is 2. The molecule has 0 aliphatic heterocycles. The van der Waals surface area contributed by atoms with Gasteiger partial charge in [0.25, 0.3) is 5.56 Å². The minimum absolute atomic E-state index is 0.128. The van der Waals surface area contributed by atoms with Crippen LogP contribution in [-0.4, -0.2) is 9.55 Å². The average molecular weight is 252 g/mol. The molecule has 0 spiro atoms. The van der Waals surface area contributed by atoms with E-state index < -0.39 is 0 Å². The van der Waals surface area contributed by atoms with Gasteiger partial charge in [0.2, 0.25) is 0 Å². The Bertz CT molecular complexity index is 337. The van der Waals surface area contributed by atoms with Crippen molar-refractivity contribution < 1.29 is 0 Å². The highest BCUT2D eigenvalue weighted by Crippen LogP contribution is 2.13. The summed E-state index contributed by atoms with van der Waals surface area (Å²) >= 11 is 8.69. The van der Waals surface area contributed by atoms with Crippen molar-refractivity contribution in [1.82, 2.24) is 9.55 Å². The third-order valence-corrected chi connectivity index (χ3v) is 2.63. The minimum atomic E-state index is -0.128. The Balaban J connectivity index is 3.18. The molecular weight excluding hydrogens is 243 g/mol. The van der Waals surface area contributed by atoms with Gasteiger partial charge in [-0.05, 0) is 22.4 Å². The minimum Gasteiger partial charge on any atom is -0.298 e. The van der Waals surface area contributed by atoms with Gasteiger partial charge in [-0.1, -0.05) is 18.5 Å². The highest BCUT2D eigenvalue weighted by molar-refractivity contribution is 9.10. The Morgan fingerprint density at radius 2 is 2.42 bits per heavy atom. The third kappa shape index (κ3) is 1.87. The lowest BCUT2D eigenvalue weighted by Gasteiger charge is -2.02. The van der Waals surface area contributed by atoms with E-state index >= 15 is 0 Å². The second-order valence-corrected chi connectivity index (χ2v) is 3.50. The summed E-state index contributed by atoms with van der Waals surface area (Å²) in [6.07, 6.45) is 2.36. The molecule has 3 nitrogen and oxygen atoms in total. The number of hydrogen-bond donors (Lipinski definition) is 0. The molecule has 0 atom stereocenters. The average Bonchev–Trinajstić information content (AvgIpc) is 2.07. The molecule has 0 saturated carbocycles. The van der Waals surface area contributed by atoms with Gasteiger partial charge >= 0.3 is 0 Å². The van der Waals surface area contributed by atoms with Crippen molar-refractivity contribution in [2.24, 2.45) is 0 Å². The molecule has 0 amide bonds. The summed E-state index contributed by atoms with van der Waals surface area (Å²) in [5.41, 5.74) is -0.128. The normalized spacial score (nSPS) is 10.2. The number of hydrogen-bond acceptors (Lipinski definition) is 2. The lowest BCUT2D eigenvalue weighted by Crippen LogP contribution is -2.21. The standard InChI is InChI=1S/C7H8BrClN2O/c1-2-3-11-4-10-6(9)5(8)7(11)12/h4H,2-3H2,1H3. The number of aryl methyl sites for hydroxylation is 1. The molecule has 0 saturated heterocycles. The first-order chi connectivity index (χ1) is 5.66. The Morgan fingerprint density at radius 1 is 1.75 bits per heavy atom. The summed E-state index contributed by atoms with van der Waals surface area (Å²) in [7, 11) is 0. The van der Waals surface area contributed by atoms with Gasteiger partial charge < -0.3 is 0 Å². The maximum Gasteiger partial charge on any atom is 0.269 e.